The summed E-state index contributed by atoms with van der Waals surface area (Å²) in [7, 11) is -0.318. The van der Waals surface area contributed by atoms with E-state index in [-0.39, 0.29) is 17.4 Å². The van der Waals surface area contributed by atoms with Crippen molar-refractivity contribution >= 4 is 17.4 Å². The van der Waals surface area contributed by atoms with Gasteiger partial charge in [0.15, 0.2) is 0 Å². The van der Waals surface area contributed by atoms with Gasteiger partial charge in [0.1, 0.15) is 0 Å². The molecule has 0 unspecified atom stereocenters. The fraction of sp³-hybridized carbons (Fsp3) is 1.00. The van der Waals surface area contributed by atoms with Crippen LogP contribution in [0.15, 0.2) is 0 Å². The molecule has 0 amide bonds. The first-order chi connectivity index (χ1) is 4.61. The Morgan fingerprint density at radius 1 is 0.900 bits per heavy atom. The van der Waals surface area contributed by atoms with Crippen LogP contribution in [0.3, 0.4) is 0 Å². The minimum absolute atomic E-state index is 0.0870. The Kier molecular flexibility index (Phi) is 2.87. The average molecular weight is 176 g/mol. The zero-order valence-electron chi connectivity index (χ0n) is 7.52. The summed E-state index contributed by atoms with van der Waals surface area (Å²) >= 11 is 0. The van der Waals surface area contributed by atoms with E-state index < -0.39 is 0 Å². The van der Waals surface area contributed by atoms with E-state index in [1.54, 1.807) is 24.9 Å². The third-order valence-electron chi connectivity index (χ3n) is 2.55. The lowest BCUT2D eigenvalue weighted by molar-refractivity contribution is 0.731. The van der Waals surface area contributed by atoms with Crippen LogP contribution in [-0.2, 0) is 0 Å². The van der Waals surface area contributed by atoms with Crippen LogP contribution in [0.5, 0.6) is 0 Å². The van der Waals surface area contributed by atoms with Gasteiger partial charge in [-0.15, -0.1) is 0 Å². The predicted molar refractivity (Wildman–Crippen MR) is 56.0 cm³/mol. The molecule has 0 aliphatic carbocycles. The number of hydrogen-bond donors (Lipinski definition) is 0. The lowest BCUT2D eigenvalue weighted by atomic mass is 10.3. The van der Waals surface area contributed by atoms with Gasteiger partial charge in [0.25, 0.3) is 0 Å². The Hall–Kier alpha value is 0.567. The molecule has 2 heteroatoms. The van der Waals surface area contributed by atoms with E-state index in [9.17, 15) is 0 Å². The molecule has 1 fully saturated rings. The second kappa shape index (κ2) is 3.31. The van der Waals surface area contributed by atoms with Gasteiger partial charge in [-0.3, -0.25) is 9.48 Å². The molecule has 1 saturated heterocycles. The van der Waals surface area contributed by atoms with E-state index in [1.807, 2.05) is 0 Å². The van der Waals surface area contributed by atoms with Crippen LogP contribution in [0.25, 0.3) is 0 Å². The van der Waals surface area contributed by atoms with Crippen molar-refractivity contribution in [3.05, 3.63) is 0 Å². The van der Waals surface area contributed by atoms with E-state index in [0.29, 0.717) is 0 Å². The molecule has 0 saturated carbocycles. The maximum absolute atomic E-state index is 2.52. The van der Waals surface area contributed by atoms with Gasteiger partial charge in [0.05, 0.1) is 7.95 Å². The zero-order chi connectivity index (χ0) is 7.61. The van der Waals surface area contributed by atoms with Gasteiger partial charge < -0.3 is 0 Å². The molecular formula is C8H20SSi. The number of hydrogen-bond acceptors (Lipinski definition) is 0. The molecule has 0 atom stereocenters. The molecule has 0 N–H and O–H groups in total. The van der Waals surface area contributed by atoms with E-state index in [4.69, 9.17) is 0 Å². The molecule has 1 heterocycles. The molecule has 0 aromatic rings. The highest BCUT2D eigenvalue weighted by molar-refractivity contribution is 8.53. The molecule has 62 valence electrons. The molecule has 1 aliphatic rings. The van der Waals surface area contributed by atoms with E-state index in [0.717, 1.165) is 0 Å². The molecule has 0 aromatic carbocycles. The van der Waals surface area contributed by atoms with Crippen molar-refractivity contribution in [2.75, 3.05) is 18.8 Å². The van der Waals surface area contributed by atoms with Crippen molar-refractivity contribution in [2.24, 2.45) is 0 Å². The summed E-state index contributed by atoms with van der Waals surface area (Å²) in [6.07, 6.45) is 12.2. The van der Waals surface area contributed by atoms with Crippen molar-refractivity contribution in [1.29, 1.82) is 0 Å². The van der Waals surface area contributed by atoms with Crippen LogP contribution in [0.4, 0.5) is 0 Å². The first-order valence-electron chi connectivity index (χ1n) is 4.28. The third-order valence-corrected chi connectivity index (χ3v) is 14.1. The normalized spacial score (nSPS) is 24.7. The fourth-order valence-electron chi connectivity index (χ4n) is 1.77. The van der Waals surface area contributed by atoms with Gasteiger partial charge in [-0.05, 0) is 18.8 Å². The van der Waals surface area contributed by atoms with Crippen molar-refractivity contribution in [3.8, 4) is 0 Å². The zero-order valence-corrected chi connectivity index (χ0v) is 9.49. The highest BCUT2D eigenvalue weighted by Crippen LogP contribution is 2.45. The first-order valence-corrected chi connectivity index (χ1v) is 10.2. The summed E-state index contributed by atoms with van der Waals surface area (Å²) in [5.74, 6) is 0. The van der Waals surface area contributed by atoms with Crippen LogP contribution in [0.1, 0.15) is 19.3 Å². The molecule has 0 spiro atoms. The minimum atomic E-state index is -0.231. The van der Waals surface area contributed by atoms with Gasteiger partial charge >= 0.3 is 0 Å². The highest BCUT2D eigenvalue weighted by Gasteiger charge is 2.23. The molecule has 0 bridgehead atoms. The molecular weight excluding hydrogens is 156 g/mol. The second-order valence-corrected chi connectivity index (χ2v) is 16.7. The second-order valence-electron chi connectivity index (χ2n) is 4.19. The van der Waals surface area contributed by atoms with Gasteiger partial charge in [-0.2, -0.15) is 0 Å². The molecule has 1 rings (SSSR count). The summed E-state index contributed by atoms with van der Waals surface area (Å²) in [5.41, 5.74) is 0. The topological polar surface area (TPSA) is 0 Å². The van der Waals surface area contributed by atoms with Crippen molar-refractivity contribution in [2.45, 2.75) is 31.4 Å². The Labute approximate surface area is 68.0 Å². The minimum Gasteiger partial charge on any atom is -0.264 e. The van der Waals surface area contributed by atoms with E-state index in [2.05, 4.69) is 18.8 Å². The van der Waals surface area contributed by atoms with Gasteiger partial charge in [0, 0.05) is 0 Å². The summed E-state index contributed by atoms with van der Waals surface area (Å²) in [4.78, 5) is 0. The van der Waals surface area contributed by atoms with Crippen LogP contribution in [0.2, 0.25) is 12.1 Å². The van der Waals surface area contributed by atoms with Crippen LogP contribution in [0, 0.1) is 0 Å². The molecule has 1 aliphatic heterocycles. The standard InChI is InChI=1S/C8H20SSi/c1-9(2,3)10-7-5-4-6-8-10/h10H,4-8H2,1-3H3. The van der Waals surface area contributed by atoms with Crippen LogP contribution < -0.4 is 0 Å². The molecule has 10 heavy (non-hydrogen) atoms. The monoisotopic (exact) mass is 176 g/mol. The molecule has 0 radical (unpaired) electrons. The smallest absolute Gasteiger partial charge is 0.0812 e. The van der Waals surface area contributed by atoms with Crippen LogP contribution >= 0.6 is 9.48 Å². The highest BCUT2D eigenvalue weighted by atomic mass is 32.4. The Morgan fingerprint density at radius 3 is 1.70 bits per heavy atom. The lowest BCUT2D eigenvalue weighted by Crippen LogP contribution is -2.22. The molecule has 0 nitrogen and oxygen atoms in total. The van der Waals surface area contributed by atoms with Gasteiger partial charge in [-0.25, -0.2) is 0 Å². The Balaban J connectivity index is 2.39. The summed E-state index contributed by atoms with van der Waals surface area (Å²) in [6, 6.07) is 3.30. The summed E-state index contributed by atoms with van der Waals surface area (Å²) in [5, 5.41) is 0. The maximum atomic E-state index is 2.52. The maximum Gasteiger partial charge on any atom is 0.0812 e. The molecule has 0 aromatic heterocycles. The predicted octanol–water partition coefficient (Wildman–Crippen LogP) is 2.59. The largest absolute Gasteiger partial charge is 0.264 e. The van der Waals surface area contributed by atoms with Crippen LogP contribution in [-0.4, -0.2) is 26.7 Å². The van der Waals surface area contributed by atoms with Gasteiger partial charge in [0.2, 0.25) is 0 Å². The third kappa shape index (κ3) is 2.31. The van der Waals surface area contributed by atoms with E-state index in [1.165, 1.54) is 6.42 Å². The SMILES string of the molecule is CS(C)(C)[SiH]1CCCCC1. The van der Waals surface area contributed by atoms with Crippen molar-refractivity contribution < 1.29 is 0 Å². The number of rotatable bonds is 1. The Morgan fingerprint density at radius 2 is 1.40 bits per heavy atom. The summed E-state index contributed by atoms with van der Waals surface area (Å²) in [6.45, 7) is 0. The Bertz CT molecular complexity index is 100. The van der Waals surface area contributed by atoms with Gasteiger partial charge in [-0.1, -0.05) is 31.4 Å². The van der Waals surface area contributed by atoms with Crippen molar-refractivity contribution in [1.82, 2.24) is 0 Å². The first kappa shape index (κ1) is 8.66. The lowest BCUT2D eigenvalue weighted by Gasteiger charge is -2.37. The van der Waals surface area contributed by atoms with E-state index >= 15 is 0 Å². The van der Waals surface area contributed by atoms with Crippen molar-refractivity contribution in [3.63, 3.8) is 0 Å². The summed E-state index contributed by atoms with van der Waals surface area (Å²) < 4.78 is 0. The fourth-order valence-corrected chi connectivity index (χ4v) is 10.2. The quantitative estimate of drug-likeness (QED) is 0.539. The average Bonchev–Trinajstić information content (AvgIpc) is 1.88.